The summed E-state index contributed by atoms with van der Waals surface area (Å²) in [6.45, 7) is 8.18. The molecule has 114 valence electrons. The predicted molar refractivity (Wildman–Crippen MR) is 77.1 cm³/mol. The zero-order chi connectivity index (χ0) is 14.8. The minimum atomic E-state index is -0.520. The van der Waals surface area contributed by atoms with Crippen molar-refractivity contribution in [3.63, 3.8) is 0 Å². The number of esters is 1. The van der Waals surface area contributed by atoms with Crippen molar-refractivity contribution in [1.29, 1.82) is 0 Å². The maximum absolute atomic E-state index is 11.3. The average molecular weight is 280 g/mol. The Bertz CT molecular complexity index is 444. The van der Waals surface area contributed by atoms with Crippen LogP contribution in [0.25, 0.3) is 0 Å². The lowest BCUT2D eigenvalue weighted by molar-refractivity contribution is -0.177. The monoisotopic (exact) mass is 280 g/mol. The zero-order valence-electron chi connectivity index (χ0n) is 13.3. The smallest absolute Gasteiger partial charge is 0.302 e. The molecule has 0 radical (unpaired) electrons. The van der Waals surface area contributed by atoms with E-state index >= 15 is 0 Å². The minimum absolute atomic E-state index is 0.0701. The topological polar surface area (TPSA) is 46.5 Å². The van der Waals surface area contributed by atoms with E-state index in [-0.39, 0.29) is 28.3 Å². The van der Waals surface area contributed by atoms with E-state index < -0.39 is 5.60 Å². The Morgan fingerprint density at radius 2 is 1.80 bits per heavy atom. The van der Waals surface area contributed by atoms with Gasteiger partial charge in [-0.15, -0.1) is 0 Å². The van der Waals surface area contributed by atoms with E-state index in [9.17, 15) is 9.90 Å². The zero-order valence-corrected chi connectivity index (χ0v) is 13.3. The number of carbonyl (C=O) groups excluding carboxylic acids is 1. The molecule has 0 aromatic rings. The van der Waals surface area contributed by atoms with Crippen LogP contribution in [0.2, 0.25) is 0 Å². The van der Waals surface area contributed by atoms with Crippen LogP contribution in [0, 0.1) is 16.2 Å². The van der Waals surface area contributed by atoms with Crippen LogP contribution >= 0.6 is 0 Å². The number of ether oxygens (including phenoxy) is 1. The van der Waals surface area contributed by atoms with Crippen LogP contribution in [0.15, 0.2) is 0 Å². The molecular formula is C17H28O3. The standard InChI is InChI=1S/C17H28O3/c1-12(18)20-13-5-6-17-9-14(13,2)7-8-15(17,3)10-16(4,19)11-17/h13,19H,5-11H2,1-4H3. The Hall–Kier alpha value is -0.570. The molecule has 3 aliphatic carbocycles. The maximum atomic E-state index is 11.3. The van der Waals surface area contributed by atoms with Crippen LogP contribution in [0.1, 0.15) is 72.6 Å². The highest BCUT2D eigenvalue weighted by atomic mass is 16.5. The molecule has 1 N–H and O–H groups in total. The molecule has 5 unspecified atom stereocenters. The van der Waals surface area contributed by atoms with Crippen molar-refractivity contribution in [2.45, 2.75) is 84.3 Å². The lowest BCUT2D eigenvalue weighted by Gasteiger charge is -2.59. The number of fused-ring (bicyclic) bond motifs is 1. The molecule has 20 heavy (non-hydrogen) atoms. The highest BCUT2D eigenvalue weighted by Crippen LogP contribution is 2.71. The number of carbonyl (C=O) groups is 1. The summed E-state index contributed by atoms with van der Waals surface area (Å²) in [5.74, 6) is -0.154. The fourth-order valence-corrected chi connectivity index (χ4v) is 6.00. The molecular weight excluding hydrogens is 252 g/mol. The number of hydrogen-bond donors (Lipinski definition) is 1. The highest BCUT2D eigenvalue weighted by Gasteiger charge is 2.66. The van der Waals surface area contributed by atoms with Crippen molar-refractivity contribution >= 4 is 5.97 Å². The first-order chi connectivity index (χ1) is 9.10. The summed E-state index contributed by atoms with van der Waals surface area (Å²) in [6.07, 6.45) is 7.32. The highest BCUT2D eigenvalue weighted by molar-refractivity contribution is 5.66. The molecule has 0 aromatic carbocycles. The van der Waals surface area contributed by atoms with Gasteiger partial charge in [-0.3, -0.25) is 4.79 Å². The Morgan fingerprint density at radius 3 is 2.45 bits per heavy atom. The van der Waals surface area contributed by atoms with Gasteiger partial charge in [-0.05, 0) is 62.7 Å². The summed E-state index contributed by atoms with van der Waals surface area (Å²) in [7, 11) is 0. The quantitative estimate of drug-likeness (QED) is 0.748. The van der Waals surface area contributed by atoms with Crippen LogP contribution in [0.4, 0.5) is 0 Å². The molecule has 2 bridgehead atoms. The molecule has 3 nitrogen and oxygen atoms in total. The van der Waals surface area contributed by atoms with Crippen LogP contribution in [-0.2, 0) is 9.53 Å². The van der Waals surface area contributed by atoms with Gasteiger partial charge in [0.2, 0.25) is 0 Å². The predicted octanol–water partition coefficient (Wildman–Crippen LogP) is 3.44. The van der Waals surface area contributed by atoms with E-state index in [1.807, 2.05) is 6.92 Å². The third-order valence-corrected chi connectivity index (χ3v) is 6.73. The fraction of sp³-hybridized carbons (Fsp3) is 0.941. The minimum Gasteiger partial charge on any atom is -0.462 e. The fourth-order valence-electron chi connectivity index (χ4n) is 6.00. The maximum Gasteiger partial charge on any atom is 0.302 e. The first kappa shape index (κ1) is 14.4. The van der Waals surface area contributed by atoms with Crippen LogP contribution < -0.4 is 0 Å². The summed E-state index contributed by atoms with van der Waals surface area (Å²) >= 11 is 0. The van der Waals surface area contributed by atoms with Gasteiger partial charge in [-0.25, -0.2) is 0 Å². The van der Waals surface area contributed by atoms with Crippen molar-refractivity contribution in [2.24, 2.45) is 16.2 Å². The van der Waals surface area contributed by atoms with Crippen molar-refractivity contribution in [3.05, 3.63) is 0 Å². The second-order valence-electron chi connectivity index (χ2n) is 8.66. The molecule has 3 fully saturated rings. The van der Waals surface area contributed by atoms with Crippen molar-refractivity contribution < 1.29 is 14.6 Å². The molecule has 0 saturated heterocycles. The first-order valence-electron chi connectivity index (χ1n) is 8.00. The normalized spacial score (nSPS) is 54.4. The summed E-state index contributed by atoms with van der Waals surface area (Å²) in [4.78, 5) is 11.3. The third-order valence-electron chi connectivity index (χ3n) is 6.73. The average Bonchev–Trinajstić information content (AvgIpc) is 2.48. The van der Waals surface area contributed by atoms with Crippen LogP contribution in [0.3, 0.4) is 0 Å². The van der Waals surface area contributed by atoms with Gasteiger partial charge in [-0.2, -0.15) is 0 Å². The van der Waals surface area contributed by atoms with Crippen molar-refractivity contribution in [1.82, 2.24) is 0 Å². The van der Waals surface area contributed by atoms with Gasteiger partial charge >= 0.3 is 5.97 Å². The Kier molecular flexibility index (Phi) is 2.87. The van der Waals surface area contributed by atoms with Crippen LogP contribution in [0.5, 0.6) is 0 Å². The Morgan fingerprint density at radius 1 is 1.10 bits per heavy atom. The lowest BCUT2D eigenvalue weighted by atomic mass is 9.46. The second-order valence-corrected chi connectivity index (χ2v) is 8.66. The number of rotatable bonds is 1. The molecule has 0 aliphatic heterocycles. The molecule has 0 amide bonds. The molecule has 3 heteroatoms. The molecule has 3 saturated carbocycles. The molecule has 5 atom stereocenters. The van der Waals surface area contributed by atoms with E-state index in [2.05, 4.69) is 13.8 Å². The summed E-state index contributed by atoms with van der Waals surface area (Å²) < 4.78 is 5.61. The van der Waals surface area contributed by atoms with Crippen LogP contribution in [-0.4, -0.2) is 22.8 Å². The Balaban J connectivity index is 1.90. The van der Waals surface area contributed by atoms with Gasteiger partial charge in [0.1, 0.15) is 6.10 Å². The van der Waals surface area contributed by atoms with Gasteiger partial charge in [0, 0.05) is 12.3 Å². The molecule has 1 spiro atoms. The lowest BCUT2D eigenvalue weighted by Crippen LogP contribution is -2.54. The van der Waals surface area contributed by atoms with Gasteiger partial charge in [0.15, 0.2) is 0 Å². The van der Waals surface area contributed by atoms with Gasteiger partial charge in [0.25, 0.3) is 0 Å². The molecule has 3 rings (SSSR count). The van der Waals surface area contributed by atoms with E-state index in [0.717, 1.165) is 44.9 Å². The molecule has 0 aromatic heterocycles. The van der Waals surface area contributed by atoms with E-state index in [1.54, 1.807) is 0 Å². The number of aliphatic hydroxyl groups is 1. The van der Waals surface area contributed by atoms with E-state index in [0.29, 0.717) is 0 Å². The molecule has 0 heterocycles. The third kappa shape index (κ3) is 1.93. The number of hydrogen-bond acceptors (Lipinski definition) is 3. The SMILES string of the molecule is CC(=O)OC1CCC23CC(C)(O)CC2(C)CCC1(C)C3. The summed E-state index contributed by atoms with van der Waals surface area (Å²) in [6, 6.07) is 0. The van der Waals surface area contributed by atoms with Gasteiger partial charge in [0.05, 0.1) is 5.60 Å². The first-order valence-corrected chi connectivity index (χ1v) is 8.00. The summed E-state index contributed by atoms with van der Waals surface area (Å²) in [5.41, 5.74) is 0.0927. The summed E-state index contributed by atoms with van der Waals surface area (Å²) in [5, 5.41) is 10.6. The van der Waals surface area contributed by atoms with E-state index in [4.69, 9.17) is 4.74 Å². The largest absolute Gasteiger partial charge is 0.462 e. The molecule has 3 aliphatic rings. The van der Waals surface area contributed by atoms with E-state index in [1.165, 1.54) is 6.92 Å². The Labute approximate surface area is 122 Å². The van der Waals surface area contributed by atoms with Gasteiger partial charge < -0.3 is 9.84 Å². The van der Waals surface area contributed by atoms with Crippen molar-refractivity contribution in [2.75, 3.05) is 0 Å². The second kappa shape index (κ2) is 4.00. The van der Waals surface area contributed by atoms with Gasteiger partial charge in [-0.1, -0.05) is 13.8 Å². The van der Waals surface area contributed by atoms with Crippen molar-refractivity contribution in [3.8, 4) is 0 Å².